The Morgan fingerprint density at radius 3 is 2.33 bits per heavy atom. The van der Waals surface area contributed by atoms with Crippen molar-refractivity contribution in [1.29, 1.82) is 0 Å². The number of ketones is 3. The van der Waals surface area contributed by atoms with Crippen molar-refractivity contribution in [3.05, 3.63) is 56.1 Å². The molecule has 5 aliphatic carbocycles. The number of carbonyl (C=O) groups excluding carboxylic acids is 4. The zero-order valence-corrected chi connectivity index (χ0v) is 24.3. The van der Waals surface area contributed by atoms with E-state index < -0.39 is 138 Å². The van der Waals surface area contributed by atoms with E-state index in [-0.39, 0.29) is 24.0 Å². The summed E-state index contributed by atoms with van der Waals surface area (Å²) >= 11 is 6.92. The van der Waals surface area contributed by atoms with E-state index in [9.17, 15) is 54.9 Å². The highest BCUT2D eigenvalue weighted by Crippen LogP contribution is 2.72. The standard InChI is InChI=1S/C31H23ClO14/c1-44-28(43)31-12(37)5-4-11(36)17(31)23(40)16-21(38)13-8(20(32)25(16)45-31)6-29-19(24(41)18(13)30(7-33)27(29)46-30)22(39)14-9(34)2-3-10(35)15(14)26(29)42/h2-3,12,18,27,33-35,37-40H,4-7H2,1H3/t12-,18+,27?,29-,30?,31+/m0/s1. The molecule has 9 rings (SSSR count). The quantitative estimate of drug-likeness (QED) is 0.137. The normalized spacial score (nSPS) is 33.2. The molecule has 1 saturated heterocycles. The molecule has 2 heterocycles. The fourth-order valence-corrected chi connectivity index (χ4v) is 8.69. The van der Waals surface area contributed by atoms with Crippen molar-refractivity contribution in [3.8, 4) is 23.0 Å². The Morgan fingerprint density at radius 1 is 1.02 bits per heavy atom. The SMILES string of the molecule is COC(=O)[C@]12Oc3c(Cl)c4c(c(O)c3C(O)=C1C(=O)CC[C@@H]2O)[C@@H]1C(=O)C2=C(O)c3c(O)ccc(O)c3C(=O)[C@@]2(C4)C2OC21CO. The molecule has 238 valence electrons. The molecular formula is C31H23ClO14. The van der Waals surface area contributed by atoms with Crippen LogP contribution in [0.5, 0.6) is 23.0 Å². The van der Waals surface area contributed by atoms with Crippen LogP contribution < -0.4 is 4.74 Å². The van der Waals surface area contributed by atoms with Gasteiger partial charge < -0.3 is 50.0 Å². The first kappa shape index (κ1) is 28.8. The average Bonchev–Trinajstić information content (AvgIpc) is 3.80. The van der Waals surface area contributed by atoms with Gasteiger partial charge in [-0.3, -0.25) is 14.4 Å². The summed E-state index contributed by atoms with van der Waals surface area (Å²) in [5.41, 5.74) is -9.88. The molecule has 6 atom stereocenters. The second-order valence-electron chi connectivity index (χ2n) is 12.3. The summed E-state index contributed by atoms with van der Waals surface area (Å²) in [5, 5.41) is 77.5. The maximum absolute atomic E-state index is 14.5. The summed E-state index contributed by atoms with van der Waals surface area (Å²) in [5.74, 6) is -10.1. The number of carbonyl (C=O) groups is 4. The van der Waals surface area contributed by atoms with Crippen LogP contribution in [0.25, 0.3) is 11.5 Å². The highest BCUT2D eigenvalue weighted by Gasteiger charge is 2.81. The van der Waals surface area contributed by atoms with Gasteiger partial charge in [-0.25, -0.2) is 4.79 Å². The fraction of sp³-hybridized carbons (Fsp3) is 0.355. The van der Waals surface area contributed by atoms with E-state index in [1.165, 1.54) is 0 Å². The Morgan fingerprint density at radius 2 is 1.67 bits per heavy atom. The van der Waals surface area contributed by atoms with Gasteiger partial charge in [0.05, 0.1) is 52.3 Å². The van der Waals surface area contributed by atoms with Crippen molar-refractivity contribution in [3.63, 3.8) is 0 Å². The van der Waals surface area contributed by atoms with E-state index in [0.29, 0.717) is 0 Å². The maximum atomic E-state index is 14.5. The van der Waals surface area contributed by atoms with Gasteiger partial charge in [0.2, 0.25) is 0 Å². The number of halogens is 1. The number of hydrogen-bond acceptors (Lipinski definition) is 14. The lowest BCUT2D eigenvalue weighted by Gasteiger charge is -2.43. The van der Waals surface area contributed by atoms with E-state index >= 15 is 0 Å². The molecule has 14 nitrogen and oxygen atoms in total. The molecule has 2 aromatic carbocycles. The molecule has 1 spiro atoms. The number of aromatic hydroxyl groups is 3. The number of esters is 1. The van der Waals surface area contributed by atoms with Crippen LogP contribution >= 0.6 is 11.6 Å². The molecule has 0 aromatic heterocycles. The Kier molecular flexibility index (Phi) is 5.38. The summed E-state index contributed by atoms with van der Waals surface area (Å²) in [4.78, 5) is 55.3. The number of epoxide rings is 1. The van der Waals surface area contributed by atoms with Crippen molar-refractivity contribution in [2.45, 2.75) is 48.6 Å². The first-order chi connectivity index (χ1) is 21.8. The van der Waals surface area contributed by atoms with Crippen molar-refractivity contribution in [2.24, 2.45) is 5.41 Å². The number of aliphatic hydroxyl groups excluding tert-OH is 4. The van der Waals surface area contributed by atoms with Crippen molar-refractivity contribution >= 4 is 46.4 Å². The number of hydrogen-bond donors (Lipinski definition) is 7. The zero-order chi connectivity index (χ0) is 33.0. The predicted molar refractivity (Wildman–Crippen MR) is 151 cm³/mol. The van der Waals surface area contributed by atoms with Crippen LogP contribution in [-0.2, 0) is 30.3 Å². The van der Waals surface area contributed by atoms with Crippen LogP contribution in [0.4, 0.5) is 0 Å². The number of benzene rings is 2. The summed E-state index contributed by atoms with van der Waals surface area (Å²) in [6.45, 7) is -0.858. The van der Waals surface area contributed by atoms with Gasteiger partial charge in [-0.2, -0.15) is 0 Å². The van der Waals surface area contributed by atoms with Gasteiger partial charge in [-0.15, -0.1) is 0 Å². The van der Waals surface area contributed by atoms with Gasteiger partial charge in [0, 0.05) is 12.0 Å². The van der Waals surface area contributed by atoms with Gasteiger partial charge in [0.1, 0.15) is 52.1 Å². The van der Waals surface area contributed by atoms with Crippen LogP contribution in [-0.4, -0.2) is 96.2 Å². The van der Waals surface area contributed by atoms with Gasteiger partial charge >= 0.3 is 5.97 Å². The summed E-state index contributed by atoms with van der Waals surface area (Å²) < 4.78 is 16.8. The van der Waals surface area contributed by atoms with Crippen LogP contribution in [0.1, 0.15) is 51.4 Å². The van der Waals surface area contributed by atoms with Crippen molar-refractivity contribution < 1.29 is 69.1 Å². The number of aliphatic hydroxyl groups is 4. The van der Waals surface area contributed by atoms with Crippen LogP contribution in [0.2, 0.25) is 5.02 Å². The largest absolute Gasteiger partial charge is 0.507 e. The van der Waals surface area contributed by atoms with E-state index in [4.69, 9.17) is 25.8 Å². The third kappa shape index (κ3) is 2.82. The lowest BCUT2D eigenvalue weighted by molar-refractivity contribution is -0.169. The first-order valence-corrected chi connectivity index (χ1v) is 14.5. The molecule has 2 unspecified atom stereocenters. The van der Waals surface area contributed by atoms with Gasteiger partial charge in [-0.1, -0.05) is 11.6 Å². The minimum Gasteiger partial charge on any atom is -0.507 e. The van der Waals surface area contributed by atoms with E-state index in [1.54, 1.807) is 0 Å². The molecule has 0 amide bonds. The Hall–Kier alpha value is -4.63. The number of ether oxygens (including phenoxy) is 3. The second-order valence-corrected chi connectivity index (χ2v) is 12.6. The van der Waals surface area contributed by atoms with E-state index in [1.807, 2.05) is 0 Å². The maximum Gasteiger partial charge on any atom is 0.358 e. The monoisotopic (exact) mass is 654 g/mol. The number of methoxy groups -OCH3 is 1. The highest BCUT2D eigenvalue weighted by atomic mass is 35.5. The summed E-state index contributed by atoms with van der Waals surface area (Å²) in [6.07, 6.45) is -4.19. The van der Waals surface area contributed by atoms with Gasteiger partial charge in [-0.05, 0) is 30.5 Å². The second kappa shape index (κ2) is 8.59. The van der Waals surface area contributed by atoms with Crippen molar-refractivity contribution in [2.75, 3.05) is 13.7 Å². The minimum absolute atomic E-state index is 0.132. The zero-order valence-electron chi connectivity index (χ0n) is 23.6. The number of phenols is 3. The third-order valence-corrected chi connectivity index (χ3v) is 10.8. The molecule has 46 heavy (non-hydrogen) atoms. The third-order valence-electron chi connectivity index (χ3n) is 10.4. The Bertz CT molecular complexity index is 1990. The van der Waals surface area contributed by atoms with Crippen molar-refractivity contribution in [1.82, 2.24) is 0 Å². The molecule has 15 heteroatoms. The lowest BCUT2D eigenvalue weighted by Crippen LogP contribution is -2.61. The van der Waals surface area contributed by atoms with E-state index in [0.717, 1.165) is 19.2 Å². The molecule has 0 radical (unpaired) electrons. The Labute approximate surface area is 262 Å². The molecule has 2 aromatic rings. The summed E-state index contributed by atoms with van der Waals surface area (Å²) in [7, 11) is 0.968. The topological polar surface area (TPSA) is 241 Å². The van der Waals surface area contributed by atoms with Crippen LogP contribution in [0.15, 0.2) is 23.3 Å². The van der Waals surface area contributed by atoms with E-state index in [2.05, 4.69) is 0 Å². The number of fused-ring (bicyclic) bond motifs is 3. The smallest absolute Gasteiger partial charge is 0.358 e. The molecular weight excluding hydrogens is 632 g/mol. The first-order valence-electron chi connectivity index (χ1n) is 14.1. The predicted octanol–water partition coefficient (Wildman–Crippen LogP) is 1.26. The van der Waals surface area contributed by atoms with Gasteiger partial charge in [0.25, 0.3) is 5.60 Å². The minimum atomic E-state index is -2.59. The fourth-order valence-electron chi connectivity index (χ4n) is 8.39. The van der Waals surface area contributed by atoms with Gasteiger partial charge in [0.15, 0.2) is 23.1 Å². The highest BCUT2D eigenvalue weighted by molar-refractivity contribution is 6.34. The molecule has 2 aliphatic heterocycles. The van der Waals surface area contributed by atoms with Crippen LogP contribution in [0.3, 0.4) is 0 Å². The van der Waals surface area contributed by atoms with Crippen LogP contribution in [0, 0.1) is 5.41 Å². The number of phenolic OH excluding ortho intramolecular Hbond substituents is 3. The summed E-state index contributed by atoms with van der Waals surface area (Å²) in [6, 6.07) is 2.04. The molecule has 3 fully saturated rings. The average molecular weight is 655 g/mol. The molecule has 2 saturated carbocycles. The lowest BCUT2D eigenvalue weighted by atomic mass is 9.56. The molecule has 7 aliphatic rings. The molecule has 2 bridgehead atoms. The number of Topliss-reactive ketones (excluding diaryl/α,β-unsaturated/α-hetero) is 3. The number of rotatable bonds is 2. The molecule has 7 N–H and O–H groups in total. The Balaban J connectivity index is 1.47.